The Morgan fingerprint density at radius 3 is 2.68 bits per heavy atom. The van der Waals surface area contributed by atoms with E-state index in [1.165, 1.54) is 24.8 Å². The lowest BCUT2D eigenvalue weighted by Gasteiger charge is -2.22. The molecule has 1 heterocycles. The van der Waals surface area contributed by atoms with Gasteiger partial charge in [-0.25, -0.2) is 5.43 Å². The first kappa shape index (κ1) is 20.8. The number of hydrazone groups is 1. The third-order valence-corrected chi connectivity index (χ3v) is 6.29. The van der Waals surface area contributed by atoms with Crippen molar-refractivity contribution in [1.82, 2.24) is 15.3 Å². The quantitative estimate of drug-likeness (QED) is 0.507. The lowest BCUT2D eigenvalue weighted by Crippen LogP contribution is -2.38. The molecule has 0 spiro atoms. The second-order valence-electron chi connectivity index (χ2n) is 7.60. The average molecular weight is 445 g/mol. The number of benzene rings is 1. The van der Waals surface area contributed by atoms with Crippen LogP contribution in [0.15, 0.2) is 33.8 Å². The molecule has 1 aromatic heterocycles. The van der Waals surface area contributed by atoms with Crippen LogP contribution in [0.3, 0.4) is 0 Å². The van der Waals surface area contributed by atoms with E-state index >= 15 is 0 Å². The monoisotopic (exact) mass is 444 g/mol. The average Bonchev–Trinajstić information content (AvgIpc) is 2.97. The van der Waals surface area contributed by atoms with Crippen molar-refractivity contribution in [3.05, 3.63) is 51.3 Å². The molecule has 1 aliphatic rings. The summed E-state index contributed by atoms with van der Waals surface area (Å²) in [6, 6.07) is 8.88. The molecule has 1 aromatic carbocycles. The van der Waals surface area contributed by atoms with Crippen molar-refractivity contribution in [3.8, 4) is 5.69 Å². The first-order valence-electron chi connectivity index (χ1n) is 9.96. The van der Waals surface area contributed by atoms with Gasteiger partial charge in [0.25, 0.3) is 5.91 Å². The number of aromatic nitrogens is 1. The van der Waals surface area contributed by atoms with E-state index < -0.39 is 0 Å². The molecule has 6 heteroatoms. The zero-order chi connectivity index (χ0) is 20.1. The van der Waals surface area contributed by atoms with Gasteiger partial charge >= 0.3 is 0 Å². The molecule has 0 saturated heterocycles. The van der Waals surface area contributed by atoms with Crippen LogP contribution in [0.5, 0.6) is 0 Å². The van der Waals surface area contributed by atoms with Gasteiger partial charge < -0.3 is 9.88 Å². The van der Waals surface area contributed by atoms with E-state index in [1.807, 2.05) is 0 Å². The Morgan fingerprint density at radius 1 is 1.21 bits per heavy atom. The van der Waals surface area contributed by atoms with Crippen LogP contribution in [-0.2, 0) is 4.79 Å². The molecule has 0 atom stereocenters. The van der Waals surface area contributed by atoms with Gasteiger partial charge in [-0.05, 0) is 57.4 Å². The van der Waals surface area contributed by atoms with Crippen LogP contribution in [0.2, 0.25) is 0 Å². The number of rotatable bonds is 6. The molecule has 1 amide bonds. The smallest absolute Gasteiger partial charge is 0.254 e. The van der Waals surface area contributed by atoms with Gasteiger partial charge in [-0.3, -0.25) is 4.79 Å². The fraction of sp³-hybridized carbons (Fsp3) is 0.455. The van der Waals surface area contributed by atoms with Crippen LogP contribution in [-0.4, -0.2) is 29.3 Å². The fourth-order valence-corrected chi connectivity index (χ4v) is 4.16. The summed E-state index contributed by atoms with van der Waals surface area (Å²) in [7, 11) is 0. The highest BCUT2D eigenvalue weighted by atomic mass is 79.9. The van der Waals surface area contributed by atoms with Crippen LogP contribution >= 0.6 is 15.9 Å². The van der Waals surface area contributed by atoms with E-state index in [0.29, 0.717) is 12.6 Å². The lowest BCUT2D eigenvalue weighted by molar-refractivity contribution is -0.120. The summed E-state index contributed by atoms with van der Waals surface area (Å²) in [6.45, 7) is 6.53. The zero-order valence-corrected chi connectivity index (χ0v) is 18.5. The van der Waals surface area contributed by atoms with Gasteiger partial charge in [0, 0.05) is 33.2 Å². The molecule has 5 nitrogen and oxygen atoms in total. The van der Waals surface area contributed by atoms with Gasteiger partial charge in [0.2, 0.25) is 0 Å². The lowest BCUT2D eigenvalue weighted by atomic mass is 9.95. The molecule has 0 aliphatic heterocycles. The Balaban J connectivity index is 1.61. The molecular weight excluding hydrogens is 416 g/mol. The maximum Gasteiger partial charge on any atom is 0.254 e. The van der Waals surface area contributed by atoms with Crippen molar-refractivity contribution in [2.75, 3.05) is 6.54 Å². The summed E-state index contributed by atoms with van der Waals surface area (Å²) in [4.78, 5) is 12.0. The molecular formula is C22H29BrN4O. The van der Waals surface area contributed by atoms with E-state index in [-0.39, 0.29) is 5.91 Å². The van der Waals surface area contributed by atoms with Crippen molar-refractivity contribution < 1.29 is 4.79 Å². The van der Waals surface area contributed by atoms with E-state index in [1.54, 1.807) is 6.21 Å². The number of nitrogens with one attached hydrogen (secondary N) is 2. The topological polar surface area (TPSA) is 58.4 Å². The Bertz CT molecular complexity index is 866. The molecule has 3 rings (SSSR count). The maximum absolute atomic E-state index is 12.0. The number of hydrogen-bond acceptors (Lipinski definition) is 3. The molecule has 1 saturated carbocycles. The second kappa shape index (κ2) is 9.52. The Labute approximate surface area is 175 Å². The second-order valence-corrected chi connectivity index (χ2v) is 8.46. The normalized spacial score (nSPS) is 15.3. The summed E-state index contributed by atoms with van der Waals surface area (Å²) in [6.07, 6.45) is 7.87. The summed E-state index contributed by atoms with van der Waals surface area (Å²) in [5, 5.41) is 7.49. The molecule has 0 bridgehead atoms. The number of amides is 1. The van der Waals surface area contributed by atoms with Crippen molar-refractivity contribution in [2.45, 2.75) is 58.9 Å². The number of halogens is 1. The number of carbonyl (C=O) groups is 1. The summed E-state index contributed by atoms with van der Waals surface area (Å²) < 4.78 is 3.28. The summed E-state index contributed by atoms with van der Waals surface area (Å²) in [5.41, 5.74) is 8.15. The SMILES string of the molecule is Cc1ccc(-n2c(C)cc(/C=N\NC(=O)CNC3CCCCC3)c2C)cc1Br. The van der Waals surface area contributed by atoms with Crippen molar-refractivity contribution in [2.24, 2.45) is 5.10 Å². The highest BCUT2D eigenvalue weighted by molar-refractivity contribution is 9.10. The fourth-order valence-electron chi connectivity index (χ4n) is 3.79. The van der Waals surface area contributed by atoms with Gasteiger partial charge in [-0.2, -0.15) is 5.10 Å². The third-order valence-electron chi connectivity index (χ3n) is 5.43. The van der Waals surface area contributed by atoms with Crippen LogP contribution in [0.1, 0.15) is 54.6 Å². The molecule has 28 heavy (non-hydrogen) atoms. The largest absolute Gasteiger partial charge is 0.318 e. The van der Waals surface area contributed by atoms with E-state index in [2.05, 4.69) is 81.4 Å². The van der Waals surface area contributed by atoms with Crippen molar-refractivity contribution in [3.63, 3.8) is 0 Å². The Hall–Kier alpha value is -1.92. The van der Waals surface area contributed by atoms with E-state index in [9.17, 15) is 4.79 Å². The molecule has 0 unspecified atom stereocenters. The van der Waals surface area contributed by atoms with Crippen LogP contribution < -0.4 is 10.7 Å². The predicted molar refractivity (Wildman–Crippen MR) is 118 cm³/mol. The predicted octanol–water partition coefficient (Wildman–Crippen LogP) is 4.54. The van der Waals surface area contributed by atoms with E-state index in [4.69, 9.17) is 0 Å². The number of aryl methyl sites for hydroxylation is 2. The van der Waals surface area contributed by atoms with Gasteiger partial charge in [-0.1, -0.05) is 41.3 Å². The number of carbonyl (C=O) groups excluding carboxylic acids is 1. The third kappa shape index (κ3) is 5.11. The van der Waals surface area contributed by atoms with Gasteiger partial charge in [-0.15, -0.1) is 0 Å². The number of nitrogens with zero attached hydrogens (tertiary/aromatic N) is 2. The van der Waals surface area contributed by atoms with Crippen molar-refractivity contribution >= 4 is 28.1 Å². The molecule has 2 aromatic rings. The summed E-state index contributed by atoms with van der Waals surface area (Å²) >= 11 is 3.61. The van der Waals surface area contributed by atoms with Crippen LogP contribution in [0, 0.1) is 20.8 Å². The first-order valence-corrected chi connectivity index (χ1v) is 10.8. The molecule has 1 fully saturated rings. The molecule has 150 valence electrons. The van der Waals surface area contributed by atoms with Crippen LogP contribution in [0.25, 0.3) is 5.69 Å². The first-order chi connectivity index (χ1) is 13.5. The van der Waals surface area contributed by atoms with Crippen LogP contribution in [0.4, 0.5) is 0 Å². The minimum absolute atomic E-state index is 0.0990. The molecule has 2 N–H and O–H groups in total. The number of hydrogen-bond donors (Lipinski definition) is 2. The minimum Gasteiger partial charge on any atom is -0.318 e. The molecule has 1 aliphatic carbocycles. The van der Waals surface area contributed by atoms with Gasteiger partial charge in [0.1, 0.15) is 0 Å². The Kier molecular flexibility index (Phi) is 7.08. The van der Waals surface area contributed by atoms with Gasteiger partial charge in [0.15, 0.2) is 0 Å². The highest BCUT2D eigenvalue weighted by Gasteiger charge is 2.14. The maximum atomic E-state index is 12.0. The van der Waals surface area contributed by atoms with Crippen molar-refractivity contribution in [1.29, 1.82) is 0 Å². The van der Waals surface area contributed by atoms with E-state index in [0.717, 1.165) is 40.0 Å². The molecule has 0 radical (unpaired) electrons. The zero-order valence-electron chi connectivity index (χ0n) is 16.9. The highest BCUT2D eigenvalue weighted by Crippen LogP contribution is 2.24. The van der Waals surface area contributed by atoms with Gasteiger partial charge in [0.05, 0.1) is 12.8 Å². The Morgan fingerprint density at radius 2 is 1.96 bits per heavy atom. The summed E-state index contributed by atoms with van der Waals surface area (Å²) in [5.74, 6) is -0.0990. The standard InChI is InChI=1S/C22H29BrN4O/c1-15-9-10-20(12-21(15)23)27-16(2)11-18(17(27)3)13-25-26-22(28)14-24-19-7-5-4-6-8-19/h9-13,19,24H,4-8,14H2,1-3H3,(H,26,28)/b25-13-. The minimum atomic E-state index is -0.0990.